The number of ether oxygens (including phenoxy) is 1. The average molecular weight is 515 g/mol. The van der Waals surface area contributed by atoms with Gasteiger partial charge in [0.25, 0.3) is 5.91 Å². The summed E-state index contributed by atoms with van der Waals surface area (Å²) in [5, 5.41) is 10.9. The van der Waals surface area contributed by atoms with Crippen molar-refractivity contribution in [3.8, 4) is 0 Å². The van der Waals surface area contributed by atoms with Gasteiger partial charge < -0.3 is 14.7 Å². The highest BCUT2D eigenvalue weighted by Gasteiger charge is 2.54. The second-order valence-corrected chi connectivity index (χ2v) is 11.7. The Labute approximate surface area is 203 Å². The number of carbonyl (C=O) groups excluding carboxylic acids is 2. The van der Waals surface area contributed by atoms with Gasteiger partial charge in [-0.2, -0.15) is 0 Å². The number of esters is 1. The Morgan fingerprint density at radius 3 is 2.61 bits per heavy atom. The second-order valence-electron chi connectivity index (χ2n) is 10.8. The Morgan fingerprint density at radius 2 is 1.94 bits per heavy atom. The first-order chi connectivity index (χ1) is 15.4. The fraction of sp³-hybridized carbons (Fsp3) is 0.500. The van der Waals surface area contributed by atoms with E-state index in [1.807, 2.05) is 62.1 Å². The molecule has 4 rings (SSSR count). The Morgan fingerprint density at radius 1 is 1.24 bits per heavy atom. The summed E-state index contributed by atoms with van der Waals surface area (Å²) >= 11 is 3.58. The van der Waals surface area contributed by atoms with Crippen LogP contribution in [0.5, 0.6) is 0 Å². The number of hydrogen-bond donors (Lipinski definition) is 1. The molecule has 0 bridgehead atoms. The number of pyridine rings is 1. The summed E-state index contributed by atoms with van der Waals surface area (Å²) in [7, 11) is 0. The minimum absolute atomic E-state index is 0.00598. The van der Waals surface area contributed by atoms with Gasteiger partial charge in [0.2, 0.25) is 0 Å². The van der Waals surface area contributed by atoms with Gasteiger partial charge in [-0.25, -0.2) is 0 Å². The molecular formula is C26H31BrN2O4. The van der Waals surface area contributed by atoms with Crippen LogP contribution in [0, 0.1) is 5.41 Å². The van der Waals surface area contributed by atoms with Crippen molar-refractivity contribution in [2.24, 2.45) is 5.41 Å². The molecule has 2 heterocycles. The van der Waals surface area contributed by atoms with E-state index in [0.717, 1.165) is 21.3 Å². The number of nitrogens with zero attached hydrogens (tertiary/aromatic N) is 2. The largest absolute Gasteiger partial charge is 0.460 e. The number of aliphatic hydroxyl groups is 1. The molecule has 1 aliphatic carbocycles. The fourth-order valence-corrected chi connectivity index (χ4v) is 5.85. The van der Waals surface area contributed by atoms with Gasteiger partial charge in [0.15, 0.2) is 0 Å². The van der Waals surface area contributed by atoms with Crippen LogP contribution in [-0.4, -0.2) is 44.6 Å². The maximum atomic E-state index is 13.4. The summed E-state index contributed by atoms with van der Waals surface area (Å²) in [4.78, 5) is 32.0. The van der Waals surface area contributed by atoms with Gasteiger partial charge in [-0.05, 0) is 78.7 Å². The van der Waals surface area contributed by atoms with E-state index in [-0.39, 0.29) is 23.8 Å². The smallest absolute Gasteiger partial charge is 0.309 e. The van der Waals surface area contributed by atoms with Crippen molar-refractivity contribution in [3.05, 3.63) is 63.9 Å². The molecule has 1 aromatic heterocycles. The molecule has 0 saturated heterocycles. The third kappa shape index (κ3) is 5.14. The van der Waals surface area contributed by atoms with Gasteiger partial charge >= 0.3 is 5.97 Å². The van der Waals surface area contributed by atoms with E-state index in [4.69, 9.17) is 4.74 Å². The van der Waals surface area contributed by atoms with Gasteiger partial charge in [0, 0.05) is 29.2 Å². The lowest BCUT2D eigenvalue weighted by Gasteiger charge is -2.53. The van der Waals surface area contributed by atoms with Crippen LogP contribution in [0.1, 0.15) is 74.6 Å². The van der Waals surface area contributed by atoms with E-state index < -0.39 is 17.2 Å². The van der Waals surface area contributed by atoms with Gasteiger partial charge in [0.1, 0.15) is 5.60 Å². The van der Waals surface area contributed by atoms with Crippen molar-refractivity contribution in [3.63, 3.8) is 0 Å². The van der Waals surface area contributed by atoms with E-state index in [1.54, 1.807) is 6.20 Å². The molecule has 33 heavy (non-hydrogen) atoms. The number of carbonyl (C=O) groups is 2. The van der Waals surface area contributed by atoms with Crippen LogP contribution < -0.4 is 0 Å². The molecule has 1 aliphatic heterocycles. The normalized spacial score (nSPS) is 26.7. The van der Waals surface area contributed by atoms with Gasteiger partial charge in [0.05, 0.1) is 23.8 Å². The third-order valence-corrected chi connectivity index (χ3v) is 7.09. The average Bonchev–Trinajstić information content (AvgIpc) is 2.92. The summed E-state index contributed by atoms with van der Waals surface area (Å²) in [6, 6.07) is 11.4. The zero-order valence-corrected chi connectivity index (χ0v) is 21.2. The number of benzene rings is 1. The minimum atomic E-state index is -1.09. The van der Waals surface area contributed by atoms with Crippen molar-refractivity contribution in [1.82, 2.24) is 9.88 Å². The molecule has 1 N–H and O–H groups in total. The Kier molecular flexibility index (Phi) is 6.16. The lowest BCUT2D eigenvalue weighted by Crippen LogP contribution is -2.56. The highest BCUT2D eigenvalue weighted by molar-refractivity contribution is 9.10. The van der Waals surface area contributed by atoms with Gasteiger partial charge in [-0.1, -0.05) is 25.1 Å². The van der Waals surface area contributed by atoms with Crippen LogP contribution in [0.3, 0.4) is 0 Å². The van der Waals surface area contributed by atoms with Crippen LogP contribution in [0.15, 0.2) is 47.1 Å². The molecule has 0 radical (unpaired) electrons. The molecule has 1 saturated carbocycles. The topological polar surface area (TPSA) is 79.7 Å². The van der Waals surface area contributed by atoms with E-state index in [9.17, 15) is 14.7 Å². The molecular weight excluding hydrogens is 484 g/mol. The Balaban J connectivity index is 1.50. The highest BCUT2D eigenvalue weighted by atomic mass is 79.9. The molecule has 0 spiro atoms. The van der Waals surface area contributed by atoms with Crippen molar-refractivity contribution in [2.75, 3.05) is 6.54 Å². The fourth-order valence-electron chi connectivity index (χ4n) is 5.43. The molecule has 6 nitrogen and oxygen atoms in total. The number of hydrogen-bond acceptors (Lipinski definition) is 5. The number of aromatic nitrogens is 1. The zero-order chi connectivity index (χ0) is 24.0. The molecule has 1 aromatic carbocycles. The van der Waals surface area contributed by atoms with Crippen molar-refractivity contribution >= 4 is 27.8 Å². The molecule has 1 unspecified atom stereocenters. The van der Waals surface area contributed by atoms with Crippen LogP contribution >= 0.6 is 15.9 Å². The molecule has 2 aliphatic rings. The van der Waals surface area contributed by atoms with Crippen LogP contribution in [0.25, 0.3) is 0 Å². The molecule has 176 valence electrons. The molecule has 7 heteroatoms. The van der Waals surface area contributed by atoms with E-state index in [2.05, 4.69) is 27.8 Å². The summed E-state index contributed by atoms with van der Waals surface area (Å²) in [5.74, 6) is -0.388. The number of halogens is 1. The van der Waals surface area contributed by atoms with Crippen LogP contribution in [0.4, 0.5) is 0 Å². The monoisotopic (exact) mass is 514 g/mol. The molecule has 1 amide bonds. The van der Waals surface area contributed by atoms with Gasteiger partial charge in [-0.3, -0.25) is 14.6 Å². The summed E-state index contributed by atoms with van der Waals surface area (Å²) in [6.45, 7) is 8.02. The molecule has 2 aromatic rings. The van der Waals surface area contributed by atoms with Crippen molar-refractivity contribution in [2.45, 2.75) is 70.6 Å². The van der Waals surface area contributed by atoms with Crippen molar-refractivity contribution < 1.29 is 19.4 Å². The predicted molar refractivity (Wildman–Crippen MR) is 129 cm³/mol. The Bertz CT molecular complexity index is 1070. The number of amides is 1. The third-order valence-electron chi connectivity index (χ3n) is 6.37. The van der Waals surface area contributed by atoms with E-state index in [1.165, 1.54) is 0 Å². The minimum Gasteiger partial charge on any atom is -0.460 e. The number of rotatable bonds is 6. The maximum Gasteiger partial charge on any atom is 0.309 e. The van der Waals surface area contributed by atoms with Crippen LogP contribution in [-0.2, 0) is 16.0 Å². The standard InChI is InChI=1S/C26H31BrN2O4/c1-24(2,3)33-22(30)13-26(32)14-25(4,15-26)16-29-21(12-20-19(27)10-7-11-28-20)17-8-5-6-9-18(17)23(29)31/h5-11,21,32H,12-16H2,1-4H3. The maximum absolute atomic E-state index is 13.4. The van der Waals surface area contributed by atoms with Crippen molar-refractivity contribution in [1.29, 1.82) is 0 Å². The predicted octanol–water partition coefficient (Wildman–Crippen LogP) is 4.85. The highest BCUT2D eigenvalue weighted by Crippen LogP contribution is 2.52. The first-order valence-electron chi connectivity index (χ1n) is 11.3. The summed E-state index contributed by atoms with van der Waals surface area (Å²) in [5.41, 5.74) is 0.673. The van der Waals surface area contributed by atoms with E-state index in [0.29, 0.717) is 25.8 Å². The van der Waals surface area contributed by atoms with Crippen LogP contribution in [0.2, 0.25) is 0 Å². The SMILES string of the molecule is CC1(CN2C(=O)c3ccccc3C2Cc2ncccc2Br)CC(O)(CC(=O)OC(C)(C)C)C1. The first kappa shape index (κ1) is 23.9. The summed E-state index contributed by atoms with van der Waals surface area (Å²) < 4.78 is 6.31. The van der Waals surface area contributed by atoms with E-state index >= 15 is 0 Å². The van der Waals surface area contributed by atoms with Gasteiger partial charge in [-0.15, -0.1) is 0 Å². The summed E-state index contributed by atoms with van der Waals surface area (Å²) in [6.07, 6.45) is 3.22. The lowest BCUT2D eigenvalue weighted by molar-refractivity contribution is -0.175. The zero-order valence-electron chi connectivity index (χ0n) is 19.6. The molecule has 1 atom stereocenters. The first-order valence-corrected chi connectivity index (χ1v) is 12.1. The second kappa shape index (κ2) is 8.51. The quantitative estimate of drug-likeness (QED) is 0.557. The number of fused-ring (bicyclic) bond motifs is 1. The lowest BCUT2D eigenvalue weighted by atomic mass is 9.58. The Hall–Kier alpha value is -2.25. The molecule has 1 fully saturated rings.